The average molecular weight is 322 g/mol. The summed E-state index contributed by atoms with van der Waals surface area (Å²) in [7, 11) is 0. The summed E-state index contributed by atoms with van der Waals surface area (Å²) in [6.45, 7) is 2.14. The molecular formula is C19H18N2OS. The Morgan fingerprint density at radius 1 is 1.13 bits per heavy atom. The maximum absolute atomic E-state index is 11.8. The van der Waals surface area contributed by atoms with E-state index in [0.717, 1.165) is 22.6 Å². The highest BCUT2D eigenvalue weighted by Crippen LogP contribution is 2.31. The Hall–Kier alpha value is -2.46. The van der Waals surface area contributed by atoms with Gasteiger partial charge in [0.2, 0.25) is 0 Å². The number of benzene rings is 1. The number of thiophene rings is 1. The summed E-state index contributed by atoms with van der Waals surface area (Å²) in [6, 6.07) is 16.2. The second-order valence-corrected chi connectivity index (χ2v) is 6.45. The molecule has 3 aromatic rings. The first-order valence-electron chi connectivity index (χ1n) is 7.59. The van der Waals surface area contributed by atoms with E-state index in [-0.39, 0.29) is 5.91 Å². The number of hydrogen-bond donors (Lipinski definition) is 1. The standard InChI is InChI=1S/C19H18N2OS/c1-2-13-6-5-7-14(10-13)11-15-12-17(23-18(15)19(20)22)16-8-3-4-9-21-16/h3-10,12H,2,11H2,1H3,(H2,20,22). The Morgan fingerprint density at radius 2 is 1.96 bits per heavy atom. The summed E-state index contributed by atoms with van der Waals surface area (Å²) in [5.74, 6) is -0.376. The van der Waals surface area contributed by atoms with Crippen LogP contribution >= 0.6 is 11.3 Å². The Labute approximate surface area is 139 Å². The first-order chi connectivity index (χ1) is 11.2. The van der Waals surface area contributed by atoms with Crippen molar-refractivity contribution in [2.24, 2.45) is 5.73 Å². The molecule has 1 aromatic carbocycles. The lowest BCUT2D eigenvalue weighted by atomic mass is 10.0. The summed E-state index contributed by atoms with van der Waals surface area (Å²) < 4.78 is 0. The largest absolute Gasteiger partial charge is 0.365 e. The van der Waals surface area contributed by atoms with E-state index in [2.05, 4.69) is 36.2 Å². The van der Waals surface area contributed by atoms with E-state index < -0.39 is 0 Å². The lowest BCUT2D eigenvalue weighted by molar-refractivity contribution is 0.100. The molecule has 23 heavy (non-hydrogen) atoms. The molecule has 0 saturated heterocycles. The summed E-state index contributed by atoms with van der Waals surface area (Å²) in [6.07, 6.45) is 3.46. The van der Waals surface area contributed by atoms with Crippen LogP contribution < -0.4 is 5.73 Å². The molecule has 0 aliphatic heterocycles. The van der Waals surface area contributed by atoms with Gasteiger partial charge in [-0.05, 0) is 47.7 Å². The van der Waals surface area contributed by atoms with Gasteiger partial charge in [-0.2, -0.15) is 0 Å². The van der Waals surface area contributed by atoms with Crippen molar-refractivity contribution in [3.8, 4) is 10.6 Å². The van der Waals surface area contributed by atoms with Gasteiger partial charge in [-0.25, -0.2) is 0 Å². The lowest BCUT2D eigenvalue weighted by Gasteiger charge is -2.04. The molecule has 2 aromatic heterocycles. The molecule has 3 rings (SSSR count). The predicted molar refractivity (Wildman–Crippen MR) is 94.7 cm³/mol. The van der Waals surface area contributed by atoms with Crippen LogP contribution in [0.5, 0.6) is 0 Å². The Morgan fingerprint density at radius 3 is 2.65 bits per heavy atom. The van der Waals surface area contributed by atoms with Crippen molar-refractivity contribution in [2.45, 2.75) is 19.8 Å². The molecule has 116 valence electrons. The molecule has 0 spiro atoms. The Balaban J connectivity index is 1.97. The molecule has 0 unspecified atom stereocenters. The van der Waals surface area contributed by atoms with Gasteiger partial charge >= 0.3 is 0 Å². The number of rotatable bonds is 5. The van der Waals surface area contributed by atoms with Crippen LogP contribution in [-0.4, -0.2) is 10.9 Å². The van der Waals surface area contributed by atoms with Gasteiger partial charge in [0, 0.05) is 6.20 Å². The molecule has 2 heterocycles. The maximum atomic E-state index is 11.8. The first-order valence-corrected chi connectivity index (χ1v) is 8.40. The van der Waals surface area contributed by atoms with Crippen LogP contribution in [-0.2, 0) is 12.8 Å². The van der Waals surface area contributed by atoms with E-state index >= 15 is 0 Å². The van der Waals surface area contributed by atoms with Crippen molar-refractivity contribution in [1.29, 1.82) is 0 Å². The molecule has 0 aliphatic rings. The lowest BCUT2D eigenvalue weighted by Crippen LogP contribution is -2.11. The highest BCUT2D eigenvalue weighted by molar-refractivity contribution is 7.17. The van der Waals surface area contributed by atoms with Gasteiger partial charge in [0.15, 0.2) is 0 Å². The number of carbonyl (C=O) groups excluding carboxylic acids is 1. The van der Waals surface area contributed by atoms with E-state index in [0.29, 0.717) is 11.3 Å². The Bertz CT molecular complexity index is 824. The van der Waals surface area contributed by atoms with Gasteiger partial charge in [0.05, 0.1) is 15.4 Å². The van der Waals surface area contributed by atoms with Gasteiger partial charge in [-0.1, -0.05) is 37.3 Å². The van der Waals surface area contributed by atoms with E-state index in [1.807, 2.05) is 24.3 Å². The fraction of sp³-hybridized carbons (Fsp3) is 0.158. The number of carbonyl (C=O) groups is 1. The number of amides is 1. The zero-order chi connectivity index (χ0) is 16.2. The molecule has 1 amide bonds. The SMILES string of the molecule is CCc1cccc(Cc2cc(-c3ccccn3)sc2C(N)=O)c1. The molecule has 0 aliphatic carbocycles. The van der Waals surface area contributed by atoms with Gasteiger partial charge in [0.25, 0.3) is 5.91 Å². The minimum atomic E-state index is -0.376. The van der Waals surface area contributed by atoms with E-state index in [1.54, 1.807) is 6.20 Å². The maximum Gasteiger partial charge on any atom is 0.259 e. The monoisotopic (exact) mass is 322 g/mol. The molecule has 0 radical (unpaired) electrons. The minimum absolute atomic E-state index is 0.376. The molecule has 0 atom stereocenters. The third kappa shape index (κ3) is 3.48. The van der Waals surface area contributed by atoms with Crippen molar-refractivity contribution in [3.63, 3.8) is 0 Å². The second kappa shape index (κ2) is 6.75. The predicted octanol–water partition coefficient (Wildman–Crippen LogP) is 4.06. The van der Waals surface area contributed by atoms with Crippen LogP contribution in [0.2, 0.25) is 0 Å². The van der Waals surface area contributed by atoms with Gasteiger partial charge in [0.1, 0.15) is 0 Å². The first kappa shape index (κ1) is 15.4. The number of nitrogens with two attached hydrogens (primary N) is 1. The molecule has 0 saturated carbocycles. The van der Waals surface area contributed by atoms with E-state index in [9.17, 15) is 4.79 Å². The molecule has 0 bridgehead atoms. The molecular weight excluding hydrogens is 304 g/mol. The zero-order valence-corrected chi connectivity index (χ0v) is 13.8. The number of aryl methyl sites for hydroxylation is 1. The third-order valence-corrected chi connectivity index (χ3v) is 4.96. The van der Waals surface area contributed by atoms with Crippen LogP contribution in [0.1, 0.15) is 33.3 Å². The summed E-state index contributed by atoms with van der Waals surface area (Å²) in [5, 5.41) is 0. The summed E-state index contributed by atoms with van der Waals surface area (Å²) in [5.41, 5.74) is 9.89. The molecule has 2 N–H and O–H groups in total. The quantitative estimate of drug-likeness (QED) is 0.770. The van der Waals surface area contributed by atoms with Crippen LogP contribution in [0.25, 0.3) is 10.6 Å². The van der Waals surface area contributed by atoms with Crippen molar-refractivity contribution in [2.75, 3.05) is 0 Å². The van der Waals surface area contributed by atoms with Crippen molar-refractivity contribution >= 4 is 17.2 Å². The zero-order valence-electron chi connectivity index (χ0n) is 13.0. The van der Waals surface area contributed by atoms with E-state index in [1.165, 1.54) is 22.5 Å². The molecule has 4 heteroatoms. The highest BCUT2D eigenvalue weighted by Gasteiger charge is 2.15. The molecule has 0 fully saturated rings. The van der Waals surface area contributed by atoms with Crippen molar-refractivity contribution in [3.05, 3.63) is 76.3 Å². The topological polar surface area (TPSA) is 56.0 Å². The van der Waals surface area contributed by atoms with Crippen LogP contribution in [0.3, 0.4) is 0 Å². The third-order valence-electron chi connectivity index (χ3n) is 3.74. The van der Waals surface area contributed by atoms with Crippen LogP contribution in [0, 0.1) is 0 Å². The van der Waals surface area contributed by atoms with Crippen LogP contribution in [0.4, 0.5) is 0 Å². The van der Waals surface area contributed by atoms with Crippen molar-refractivity contribution < 1.29 is 4.79 Å². The van der Waals surface area contributed by atoms with Crippen LogP contribution in [0.15, 0.2) is 54.7 Å². The molecule has 3 nitrogen and oxygen atoms in total. The summed E-state index contributed by atoms with van der Waals surface area (Å²) >= 11 is 1.41. The highest BCUT2D eigenvalue weighted by atomic mass is 32.1. The van der Waals surface area contributed by atoms with Gasteiger partial charge in [-0.3, -0.25) is 9.78 Å². The second-order valence-electron chi connectivity index (χ2n) is 5.39. The number of primary amides is 1. The van der Waals surface area contributed by atoms with E-state index in [4.69, 9.17) is 5.73 Å². The fourth-order valence-corrected chi connectivity index (χ4v) is 3.59. The van der Waals surface area contributed by atoms with Gasteiger partial charge < -0.3 is 5.73 Å². The number of aromatic nitrogens is 1. The Kier molecular flexibility index (Phi) is 4.53. The smallest absolute Gasteiger partial charge is 0.259 e. The number of hydrogen-bond acceptors (Lipinski definition) is 3. The summed E-state index contributed by atoms with van der Waals surface area (Å²) in [4.78, 5) is 17.7. The average Bonchev–Trinajstić information content (AvgIpc) is 3.00. The number of pyridine rings is 1. The fourth-order valence-electron chi connectivity index (χ4n) is 2.58. The van der Waals surface area contributed by atoms with Crippen molar-refractivity contribution in [1.82, 2.24) is 4.98 Å². The number of nitrogens with zero attached hydrogens (tertiary/aromatic N) is 1. The minimum Gasteiger partial charge on any atom is -0.365 e. The normalized spacial score (nSPS) is 10.7. The van der Waals surface area contributed by atoms with Gasteiger partial charge in [-0.15, -0.1) is 11.3 Å².